The number of benzene rings is 2. The first kappa shape index (κ1) is 24.6. The van der Waals surface area contributed by atoms with Crippen molar-refractivity contribution in [3.05, 3.63) is 71.7 Å². The number of nitrogens with one attached hydrogen (secondary N) is 2. The molecule has 35 heavy (non-hydrogen) atoms. The number of ether oxygens (including phenoxy) is 1. The molecule has 0 spiro atoms. The van der Waals surface area contributed by atoms with E-state index in [9.17, 15) is 14.0 Å². The molecule has 1 aliphatic carbocycles. The Kier molecular flexibility index (Phi) is 7.34. The van der Waals surface area contributed by atoms with E-state index in [1.807, 2.05) is 30.3 Å². The molecular formula is C28H32FN3O3. The Bertz CT molecular complexity index is 1200. The smallest absolute Gasteiger partial charge is 0.307 e. The second-order valence-corrected chi connectivity index (χ2v) is 9.95. The fraction of sp³-hybridized carbons (Fsp3) is 0.393. The first-order valence-corrected chi connectivity index (χ1v) is 12.1. The van der Waals surface area contributed by atoms with Gasteiger partial charge in [-0.25, -0.2) is 4.39 Å². The van der Waals surface area contributed by atoms with Gasteiger partial charge in [0, 0.05) is 17.5 Å². The number of anilines is 1. The molecule has 184 valence electrons. The fourth-order valence-electron chi connectivity index (χ4n) is 4.88. The number of nitrogens with zero attached hydrogens (tertiary/aromatic N) is 1. The van der Waals surface area contributed by atoms with Crippen LogP contribution in [-0.2, 0) is 9.53 Å². The Morgan fingerprint density at radius 3 is 2.57 bits per heavy atom. The van der Waals surface area contributed by atoms with Gasteiger partial charge < -0.3 is 15.4 Å². The van der Waals surface area contributed by atoms with Crippen molar-refractivity contribution in [3.8, 4) is 0 Å². The first-order valence-electron chi connectivity index (χ1n) is 12.1. The van der Waals surface area contributed by atoms with Crippen LogP contribution in [0.15, 0.2) is 54.7 Å². The number of amides is 1. The quantitative estimate of drug-likeness (QED) is 0.390. The third-order valence-corrected chi connectivity index (χ3v) is 6.52. The number of fused-ring (bicyclic) bond motifs is 1. The topological polar surface area (TPSA) is 80.3 Å². The van der Waals surface area contributed by atoms with Crippen LogP contribution in [0.4, 0.5) is 10.1 Å². The number of hydrogen-bond donors (Lipinski definition) is 2. The molecule has 1 saturated carbocycles. The van der Waals surface area contributed by atoms with E-state index in [1.54, 1.807) is 19.2 Å². The van der Waals surface area contributed by atoms with Gasteiger partial charge in [-0.2, -0.15) is 0 Å². The highest BCUT2D eigenvalue weighted by Crippen LogP contribution is 2.51. The maximum absolute atomic E-state index is 13.7. The monoisotopic (exact) mass is 477 g/mol. The molecular weight excluding hydrogens is 445 g/mol. The van der Waals surface area contributed by atoms with Gasteiger partial charge in [0.15, 0.2) is 0 Å². The summed E-state index contributed by atoms with van der Waals surface area (Å²) in [7, 11) is 0. The van der Waals surface area contributed by atoms with Crippen molar-refractivity contribution < 1.29 is 18.7 Å². The van der Waals surface area contributed by atoms with Gasteiger partial charge in [0.2, 0.25) is 0 Å². The lowest BCUT2D eigenvalue weighted by Crippen LogP contribution is -2.38. The van der Waals surface area contributed by atoms with Gasteiger partial charge >= 0.3 is 5.97 Å². The molecule has 0 saturated heterocycles. The van der Waals surface area contributed by atoms with Crippen LogP contribution in [-0.4, -0.2) is 30.0 Å². The molecule has 1 fully saturated rings. The van der Waals surface area contributed by atoms with E-state index in [2.05, 4.69) is 29.5 Å². The molecule has 1 heterocycles. The van der Waals surface area contributed by atoms with Crippen molar-refractivity contribution in [3.63, 3.8) is 0 Å². The molecule has 1 unspecified atom stereocenters. The van der Waals surface area contributed by atoms with E-state index in [4.69, 9.17) is 4.74 Å². The summed E-state index contributed by atoms with van der Waals surface area (Å²) in [4.78, 5) is 28.4. The van der Waals surface area contributed by atoms with Crippen LogP contribution >= 0.6 is 0 Å². The van der Waals surface area contributed by atoms with Gasteiger partial charge in [0.1, 0.15) is 5.82 Å². The van der Waals surface area contributed by atoms with Crippen LogP contribution in [0.5, 0.6) is 0 Å². The highest BCUT2D eigenvalue weighted by Gasteiger charge is 2.41. The summed E-state index contributed by atoms with van der Waals surface area (Å²) in [6.07, 6.45) is 4.08. The summed E-state index contributed by atoms with van der Waals surface area (Å²) < 4.78 is 18.6. The molecule has 1 amide bonds. The summed E-state index contributed by atoms with van der Waals surface area (Å²) in [5, 5.41) is 7.12. The summed E-state index contributed by atoms with van der Waals surface area (Å²) in [6.45, 7) is 6.85. The van der Waals surface area contributed by atoms with Crippen LogP contribution in [0.3, 0.4) is 0 Å². The van der Waals surface area contributed by atoms with Crippen molar-refractivity contribution in [2.24, 2.45) is 11.3 Å². The van der Waals surface area contributed by atoms with Gasteiger partial charge in [-0.1, -0.05) is 26.0 Å². The molecule has 0 aliphatic heterocycles. The van der Waals surface area contributed by atoms with Crippen LogP contribution in [0.2, 0.25) is 0 Å². The minimum absolute atomic E-state index is 0.0387. The maximum Gasteiger partial charge on any atom is 0.307 e. The van der Waals surface area contributed by atoms with Gasteiger partial charge in [0.25, 0.3) is 5.91 Å². The molecule has 2 N–H and O–H groups in total. The number of hydrogen-bond acceptors (Lipinski definition) is 5. The van der Waals surface area contributed by atoms with Crippen molar-refractivity contribution in [2.75, 3.05) is 18.5 Å². The molecule has 3 aromatic rings. The molecule has 6 nitrogen and oxygen atoms in total. The molecule has 1 aromatic heterocycles. The third kappa shape index (κ3) is 6.15. The third-order valence-electron chi connectivity index (χ3n) is 6.52. The predicted octanol–water partition coefficient (Wildman–Crippen LogP) is 5.65. The fourth-order valence-corrected chi connectivity index (χ4v) is 4.88. The van der Waals surface area contributed by atoms with E-state index in [1.165, 1.54) is 12.1 Å². The summed E-state index contributed by atoms with van der Waals surface area (Å²) >= 11 is 0. The Morgan fingerprint density at radius 2 is 1.89 bits per heavy atom. The van der Waals surface area contributed by atoms with Crippen molar-refractivity contribution in [1.29, 1.82) is 0 Å². The summed E-state index contributed by atoms with van der Waals surface area (Å²) in [6, 6.07) is 14.1. The predicted molar refractivity (Wildman–Crippen MR) is 135 cm³/mol. The highest BCUT2D eigenvalue weighted by atomic mass is 19.1. The Morgan fingerprint density at radius 1 is 1.14 bits per heavy atom. The average molecular weight is 478 g/mol. The number of halogens is 1. The van der Waals surface area contributed by atoms with Crippen molar-refractivity contribution in [2.45, 2.75) is 46.1 Å². The van der Waals surface area contributed by atoms with Crippen molar-refractivity contribution in [1.82, 2.24) is 10.3 Å². The van der Waals surface area contributed by atoms with Crippen LogP contribution in [0, 0.1) is 17.2 Å². The lowest BCUT2D eigenvalue weighted by molar-refractivity contribution is -0.142. The molecule has 2 aromatic carbocycles. The number of rotatable bonds is 9. The first-order chi connectivity index (χ1) is 16.7. The van der Waals surface area contributed by atoms with Crippen molar-refractivity contribution >= 4 is 28.5 Å². The highest BCUT2D eigenvalue weighted by molar-refractivity contribution is 5.94. The molecule has 4 rings (SSSR count). The molecule has 0 bridgehead atoms. The summed E-state index contributed by atoms with van der Waals surface area (Å²) in [5.41, 5.74) is 3.49. The standard InChI is InChI=1S/C28H32FN3O3/c1-4-35-25(33)11-12-30-27(34)19-7-5-18(6-8-19)26(21-15-28(2,3)16-21)32-23-14-20-13-22(29)9-10-24(20)31-17-23/h5-10,13-14,17,21,26,32H,4,11-12,15-16H2,1-3H3,(H,30,34). The molecule has 1 aliphatic rings. The molecule has 7 heteroatoms. The molecule has 0 radical (unpaired) electrons. The SMILES string of the molecule is CCOC(=O)CCNC(=O)c1ccc(C(Nc2cnc3ccc(F)cc3c2)C2CC(C)(C)C2)cc1. The van der Waals surface area contributed by atoms with Crippen LogP contribution in [0.25, 0.3) is 10.9 Å². The number of aromatic nitrogens is 1. The van der Waals surface area contributed by atoms with E-state index in [-0.39, 0.29) is 36.7 Å². The second-order valence-electron chi connectivity index (χ2n) is 9.95. The zero-order valence-electron chi connectivity index (χ0n) is 20.4. The second kappa shape index (κ2) is 10.4. The Balaban J connectivity index is 1.48. The molecule has 1 atom stereocenters. The number of esters is 1. The van der Waals surface area contributed by atoms with Gasteiger partial charge in [-0.3, -0.25) is 14.6 Å². The minimum atomic E-state index is -0.327. The zero-order chi connectivity index (χ0) is 25.0. The average Bonchev–Trinajstić information content (AvgIpc) is 2.81. The Hall–Kier alpha value is -3.48. The number of carbonyl (C=O) groups is 2. The van der Waals surface area contributed by atoms with Crippen LogP contribution in [0.1, 0.15) is 62.0 Å². The summed E-state index contributed by atoms with van der Waals surface area (Å²) in [5.74, 6) is -0.412. The van der Waals surface area contributed by atoms with Gasteiger partial charge in [-0.05, 0) is 73.1 Å². The van der Waals surface area contributed by atoms with E-state index in [0.29, 0.717) is 23.5 Å². The van der Waals surface area contributed by atoms with E-state index < -0.39 is 0 Å². The van der Waals surface area contributed by atoms with E-state index >= 15 is 0 Å². The minimum Gasteiger partial charge on any atom is -0.466 e. The Labute approximate surface area is 205 Å². The normalized spacial score (nSPS) is 15.8. The van der Waals surface area contributed by atoms with Gasteiger partial charge in [-0.15, -0.1) is 0 Å². The zero-order valence-corrected chi connectivity index (χ0v) is 20.4. The number of pyridine rings is 1. The van der Waals surface area contributed by atoms with Gasteiger partial charge in [0.05, 0.1) is 36.5 Å². The van der Waals surface area contributed by atoms with E-state index in [0.717, 1.165) is 35.0 Å². The van der Waals surface area contributed by atoms with Crippen LogP contribution < -0.4 is 10.6 Å². The largest absolute Gasteiger partial charge is 0.466 e. The lowest BCUT2D eigenvalue weighted by atomic mass is 9.61. The lowest BCUT2D eigenvalue weighted by Gasteiger charge is -2.47. The maximum atomic E-state index is 13.7. The number of carbonyl (C=O) groups excluding carboxylic acids is 2.